The van der Waals surface area contributed by atoms with Crippen molar-refractivity contribution in [2.45, 2.75) is 0 Å². The van der Waals surface area contributed by atoms with Crippen LogP contribution in [-0.4, -0.2) is 9.97 Å². The third-order valence-electron chi connectivity index (χ3n) is 6.47. The molecular weight excluding hydrogens is 677 g/mol. The normalized spacial score (nSPS) is 10.9. The quantitative estimate of drug-likeness (QED) is 0.137. The van der Waals surface area contributed by atoms with Gasteiger partial charge >= 0.3 is 0 Å². The summed E-state index contributed by atoms with van der Waals surface area (Å²) >= 11 is 1.80. The second-order valence-corrected chi connectivity index (χ2v) is 9.93. The molecule has 3 nitrogen and oxygen atoms in total. The van der Waals surface area contributed by atoms with Crippen LogP contribution in [0, 0.1) is 12.1 Å². The first kappa shape index (κ1) is 25.1. The van der Waals surface area contributed by atoms with E-state index in [1.54, 1.807) is 17.5 Å². The molecule has 39 heavy (non-hydrogen) atoms. The van der Waals surface area contributed by atoms with Crippen LogP contribution in [0.5, 0.6) is 11.5 Å². The van der Waals surface area contributed by atoms with Crippen LogP contribution >= 0.6 is 11.3 Å². The van der Waals surface area contributed by atoms with Gasteiger partial charge in [-0.05, 0) is 68.5 Å². The number of nitrogens with zero attached hydrogens (tertiary/aromatic N) is 2. The summed E-state index contributed by atoms with van der Waals surface area (Å²) in [6.45, 7) is 0. The van der Waals surface area contributed by atoms with Gasteiger partial charge in [-0.15, -0.1) is 59.5 Å². The Hall–Kier alpha value is -4.15. The van der Waals surface area contributed by atoms with Crippen molar-refractivity contribution in [1.29, 1.82) is 0 Å². The molecular formula is C34H20IrN2OS-2. The fourth-order valence-corrected chi connectivity index (χ4v) is 6.01. The van der Waals surface area contributed by atoms with Gasteiger partial charge in [0.05, 0.1) is 0 Å². The molecule has 3 aromatic heterocycles. The zero-order valence-corrected chi connectivity index (χ0v) is 23.8. The summed E-state index contributed by atoms with van der Waals surface area (Å²) in [5, 5.41) is 5.99. The van der Waals surface area contributed by atoms with Gasteiger partial charge in [0.15, 0.2) is 0 Å². The number of hydrogen-bond donors (Lipinski definition) is 0. The summed E-state index contributed by atoms with van der Waals surface area (Å²) in [6.07, 6.45) is 3.64. The zero-order chi connectivity index (χ0) is 25.3. The van der Waals surface area contributed by atoms with Gasteiger partial charge in [0.2, 0.25) is 0 Å². The van der Waals surface area contributed by atoms with Gasteiger partial charge in [-0.2, -0.15) is 11.3 Å². The van der Waals surface area contributed by atoms with Crippen LogP contribution in [0.3, 0.4) is 0 Å². The summed E-state index contributed by atoms with van der Waals surface area (Å²) < 4.78 is 8.64. The average Bonchev–Trinajstić information content (AvgIpc) is 3.37. The van der Waals surface area contributed by atoms with Gasteiger partial charge in [-0.1, -0.05) is 41.8 Å². The molecule has 8 rings (SSSR count). The van der Waals surface area contributed by atoms with Crippen molar-refractivity contribution in [2.75, 3.05) is 0 Å². The summed E-state index contributed by atoms with van der Waals surface area (Å²) in [7, 11) is 0. The molecule has 0 N–H and O–H groups in total. The predicted octanol–water partition coefficient (Wildman–Crippen LogP) is 9.33. The van der Waals surface area contributed by atoms with E-state index < -0.39 is 0 Å². The molecule has 1 radical (unpaired) electrons. The molecule has 0 unspecified atom stereocenters. The van der Waals surface area contributed by atoms with Crippen molar-refractivity contribution < 1.29 is 24.8 Å². The first-order valence-corrected chi connectivity index (χ1v) is 13.1. The molecule has 0 fully saturated rings. The summed E-state index contributed by atoms with van der Waals surface area (Å²) in [5.41, 5.74) is 3.01. The first-order valence-electron chi connectivity index (χ1n) is 12.3. The minimum atomic E-state index is 0. The molecule has 8 aromatic rings. The van der Waals surface area contributed by atoms with Gasteiger partial charge in [0.1, 0.15) is 11.5 Å². The molecule has 0 atom stereocenters. The molecule has 189 valence electrons. The van der Waals surface area contributed by atoms with Crippen LogP contribution in [-0.2, 0) is 20.1 Å². The van der Waals surface area contributed by atoms with E-state index in [9.17, 15) is 0 Å². The molecule has 3 heterocycles. The van der Waals surface area contributed by atoms with E-state index in [1.165, 1.54) is 25.6 Å². The monoisotopic (exact) mass is 697 g/mol. The zero-order valence-electron chi connectivity index (χ0n) is 20.6. The van der Waals surface area contributed by atoms with Gasteiger partial charge in [-0.3, -0.25) is 0 Å². The smallest absolute Gasteiger partial charge is 0.129 e. The molecule has 5 aromatic carbocycles. The minimum Gasteiger partial charge on any atom is -0.457 e. The van der Waals surface area contributed by atoms with Crippen molar-refractivity contribution in [3.8, 4) is 22.8 Å². The summed E-state index contributed by atoms with van der Waals surface area (Å²) in [5.74, 6) is 1.70. The van der Waals surface area contributed by atoms with E-state index in [4.69, 9.17) is 4.74 Å². The Morgan fingerprint density at radius 2 is 1.46 bits per heavy atom. The molecule has 0 aliphatic rings. The third-order valence-corrected chi connectivity index (χ3v) is 7.57. The fourth-order valence-electron chi connectivity index (χ4n) is 4.84. The van der Waals surface area contributed by atoms with Crippen molar-refractivity contribution in [3.63, 3.8) is 0 Å². The molecule has 5 heteroatoms. The van der Waals surface area contributed by atoms with Crippen LogP contribution in [0.4, 0.5) is 0 Å². The molecule has 0 spiro atoms. The second-order valence-electron chi connectivity index (χ2n) is 8.84. The number of pyridine rings is 2. The van der Waals surface area contributed by atoms with Gasteiger partial charge in [0.25, 0.3) is 0 Å². The molecule has 0 amide bonds. The molecule has 0 aliphatic carbocycles. The Morgan fingerprint density at radius 1 is 0.615 bits per heavy atom. The van der Waals surface area contributed by atoms with E-state index in [0.29, 0.717) is 0 Å². The number of benzene rings is 5. The number of para-hydroxylation sites is 1. The van der Waals surface area contributed by atoms with E-state index in [0.717, 1.165) is 39.0 Å². The van der Waals surface area contributed by atoms with Gasteiger partial charge in [-0.25, -0.2) is 0 Å². The standard InChI is InChI=1S/C23H12NOS.C11H8N.Ir/c1-2-6-14(7-3-1)25-15-12-18-16-9-5-11-24-23(16)17-8-4-10-19-21(17)22(18)20(13-15)26-19;1-2-6-10(7-3-1)11-8-4-5-9-12-11;/h1-7,9-13H;1-6,8-9H;/q2*-1;. The Kier molecular flexibility index (Phi) is 7.04. The molecule has 0 bridgehead atoms. The Morgan fingerprint density at radius 3 is 2.28 bits per heavy atom. The average molecular weight is 697 g/mol. The maximum absolute atomic E-state index is 6.14. The van der Waals surface area contributed by atoms with E-state index in [1.807, 2.05) is 91.1 Å². The maximum atomic E-state index is 6.14. The number of rotatable bonds is 3. The number of aromatic nitrogens is 2. The Balaban J connectivity index is 0.000000180. The van der Waals surface area contributed by atoms with Gasteiger partial charge < -0.3 is 14.7 Å². The van der Waals surface area contributed by atoms with Crippen LogP contribution in [0.25, 0.3) is 53.1 Å². The maximum Gasteiger partial charge on any atom is 0.129 e. The van der Waals surface area contributed by atoms with E-state index >= 15 is 0 Å². The van der Waals surface area contributed by atoms with E-state index in [-0.39, 0.29) is 20.1 Å². The van der Waals surface area contributed by atoms with Crippen molar-refractivity contribution in [3.05, 3.63) is 134 Å². The third kappa shape index (κ3) is 4.77. The Bertz CT molecular complexity index is 1950. The summed E-state index contributed by atoms with van der Waals surface area (Å²) in [6, 6.07) is 42.7. The largest absolute Gasteiger partial charge is 0.457 e. The molecule has 0 saturated carbocycles. The minimum absolute atomic E-state index is 0. The van der Waals surface area contributed by atoms with Crippen LogP contribution in [0.1, 0.15) is 0 Å². The van der Waals surface area contributed by atoms with Crippen LogP contribution < -0.4 is 4.74 Å². The Labute approximate surface area is 243 Å². The number of ether oxygens (including phenoxy) is 1. The second kappa shape index (κ2) is 10.9. The van der Waals surface area contributed by atoms with Crippen molar-refractivity contribution >= 4 is 53.2 Å². The van der Waals surface area contributed by atoms with Crippen LogP contribution in [0.15, 0.2) is 122 Å². The number of hydrogen-bond acceptors (Lipinski definition) is 4. The molecule has 0 aliphatic heterocycles. The van der Waals surface area contributed by atoms with Crippen molar-refractivity contribution in [2.24, 2.45) is 0 Å². The topological polar surface area (TPSA) is 35.0 Å². The van der Waals surface area contributed by atoms with Crippen molar-refractivity contribution in [1.82, 2.24) is 9.97 Å². The number of fused-ring (bicyclic) bond motifs is 3. The predicted molar refractivity (Wildman–Crippen MR) is 157 cm³/mol. The van der Waals surface area contributed by atoms with Crippen LogP contribution in [0.2, 0.25) is 0 Å². The van der Waals surface area contributed by atoms with Gasteiger partial charge in [0, 0.05) is 37.2 Å². The fraction of sp³-hybridized carbons (Fsp3) is 0. The van der Waals surface area contributed by atoms with E-state index in [2.05, 4.69) is 46.4 Å². The first-order chi connectivity index (χ1) is 18.8. The SMILES string of the molecule is [Ir].[c-]1ccc2sc3cc(Oc4ccccc4)cc4c5cccnc5c1c2c34.[c-]1ccccc1-c1ccccn1. The number of thiophene rings is 1. The summed E-state index contributed by atoms with van der Waals surface area (Å²) in [4.78, 5) is 8.87. The molecule has 0 saturated heterocycles.